The number of nitrogens with zero attached hydrogens (tertiary/aromatic N) is 2. The van der Waals surface area contributed by atoms with Crippen molar-refractivity contribution in [3.05, 3.63) is 0 Å². The summed E-state index contributed by atoms with van der Waals surface area (Å²) in [5.74, 6) is 0.343. The van der Waals surface area contributed by atoms with Crippen molar-refractivity contribution >= 4 is 5.91 Å². The van der Waals surface area contributed by atoms with Crippen LogP contribution in [-0.4, -0.2) is 55.0 Å². The molecule has 17 heavy (non-hydrogen) atoms. The summed E-state index contributed by atoms with van der Waals surface area (Å²) in [6, 6.07) is -0.344. The highest BCUT2D eigenvalue weighted by atomic mass is 16.2. The van der Waals surface area contributed by atoms with Gasteiger partial charge in [-0.15, -0.1) is 0 Å². The zero-order valence-electron chi connectivity index (χ0n) is 11.5. The number of nitrogens with two attached hydrogens (primary N) is 1. The van der Waals surface area contributed by atoms with Crippen LogP contribution in [0.4, 0.5) is 0 Å². The zero-order chi connectivity index (χ0) is 12.8. The molecule has 0 aromatic heterocycles. The fraction of sp³-hybridized carbons (Fsp3) is 0.923. The number of carbonyl (C=O) groups is 1. The lowest BCUT2D eigenvalue weighted by atomic mass is 9.99. The third-order valence-corrected chi connectivity index (χ3v) is 3.87. The summed E-state index contributed by atoms with van der Waals surface area (Å²) in [4.78, 5) is 16.2. The summed E-state index contributed by atoms with van der Waals surface area (Å²) in [6.07, 6.45) is 3.54. The monoisotopic (exact) mass is 241 g/mol. The van der Waals surface area contributed by atoms with Gasteiger partial charge in [0.2, 0.25) is 5.91 Å². The van der Waals surface area contributed by atoms with Crippen molar-refractivity contribution in [2.75, 3.05) is 33.2 Å². The Labute approximate surface area is 105 Å². The molecule has 4 nitrogen and oxygen atoms in total. The van der Waals surface area contributed by atoms with Gasteiger partial charge in [-0.1, -0.05) is 20.3 Å². The average Bonchev–Trinajstić information content (AvgIpc) is 2.86. The first-order chi connectivity index (χ1) is 8.06. The Kier molecular flexibility index (Phi) is 5.92. The molecule has 1 amide bonds. The predicted octanol–water partition coefficient (Wildman–Crippen LogP) is 0.914. The first-order valence-corrected chi connectivity index (χ1v) is 6.79. The topological polar surface area (TPSA) is 49.6 Å². The van der Waals surface area contributed by atoms with Gasteiger partial charge in [-0.05, 0) is 31.8 Å². The number of hydrogen-bond donors (Lipinski definition) is 1. The Balaban J connectivity index is 2.30. The minimum absolute atomic E-state index is 0.0820. The molecule has 0 spiro atoms. The Hall–Kier alpha value is -0.610. The average molecular weight is 241 g/mol. The molecule has 1 unspecified atom stereocenters. The maximum absolute atomic E-state index is 12.0. The fourth-order valence-electron chi connectivity index (χ4n) is 2.16. The van der Waals surface area contributed by atoms with Gasteiger partial charge in [0.15, 0.2) is 0 Å². The van der Waals surface area contributed by atoms with Crippen molar-refractivity contribution in [3.8, 4) is 0 Å². The maximum atomic E-state index is 12.0. The molecule has 100 valence electrons. The predicted molar refractivity (Wildman–Crippen MR) is 70.7 cm³/mol. The van der Waals surface area contributed by atoms with E-state index in [4.69, 9.17) is 5.73 Å². The summed E-state index contributed by atoms with van der Waals surface area (Å²) in [7, 11) is 1.86. The molecule has 1 heterocycles. The van der Waals surface area contributed by atoms with Crippen LogP contribution in [-0.2, 0) is 4.79 Å². The lowest BCUT2D eigenvalue weighted by Gasteiger charge is -2.26. The smallest absolute Gasteiger partial charge is 0.239 e. The first-order valence-electron chi connectivity index (χ1n) is 6.79. The highest BCUT2D eigenvalue weighted by molar-refractivity contribution is 5.81. The molecule has 1 rings (SSSR count). The molecule has 1 aliphatic heterocycles. The van der Waals surface area contributed by atoms with Crippen LogP contribution in [0.15, 0.2) is 0 Å². The van der Waals surface area contributed by atoms with Crippen LogP contribution in [0.3, 0.4) is 0 Å². The minimum Gasteiger partial charge on any atom is -0.343 e. The molecule has 1 saturated heterocycles. The van der Waals surface area contributed by atoms with Gasteiger partial charge in [-0.25, -0.2) is 0 Å². The molecule has 0 aliphatic carbocycles. The summed E-state index contributed by atoms with van der Waals surface area (Å²) in [6.45, 7) is 8.25. The summed E-state index contributed by atoms with van der Waals surface area (Å²) in [5.41, 5.74) is 5.95. The van der Waals surface area contributed by atoms with Crippen molar-refractivity contribution in [2.45, 2.75) is 39.2 Å². The maximum Gasteiger partial charge on any atom is 0.239 e. The summed E-state index contributed by atoms with van der Waals surface area (Å²) >= 11 is 0. The molecule has 2 N–H and O–H groups in total. The van der Waals surface area contributed by atoms with E-state index in [1.165, 1.54) is 25.9 Å². The molecular weight excluding hydrogens is 214 g/mol. The molecule has 2 atom stereocenters. The second-order valence-corrected chi connectivity index (χ2v) is 5.22. The molecule has 0 bridgehead atoms. The van der Waals surface area contributed by atoms with Gasteiger partial charge in [0.05, 0.1) is 6.04 Å². The van der Waals surface area contributed by atoms with Gasteiger partial charge in [-0.2, -0.15) is 0 Å². The molecule has 0 aromatic rings. The third kappa shape index (κ3) is 4.28. The molecular formula is C13H27N3O. The number of hydrogen-bond acceptors (Lipinski definition) is 3. The van der Waals surface area contributed by atoms with Crippen LogP contribution in [0.25, 0.3) is 0 Å². The largest absolute Gasteiger partial charge is 0.343 e. The van der Waals surface area contributed by atoms with Gasteiger partial charge in [0.1, 0.15) is 0 Å². The van der Waals surface area contributed by atoms with Gasteiger partial charge in [0, 0.05) is 20.1 Å². The Morgan fingerprint density at radius 2 is 2.00 bits per heavy atom. The Morgan fingerprint density at radius 3 is 2.53 bits per heavy atom. The van der Waals surface area contributed by atoms with E-state index >= 15 is 0 Å². The van der Waals surface area contributed by atoms with Gasteiger partial charge in [-0.3, -0.25) is 4.79 Å². The fourth-order valence-corrected chi connectivity index (χ4v) is 2.16. The lowest BCUT2D eigenvalue weighted by Crippen LogP contribution is -2.47. The second-order valence-electron chi connectivity index (χ2n) is 5.22. The van der Waals surface area contributed by atoms with E-state index in [-0.39, 0.29) is 17.9 Å². The van der Waals surface area contributed by atoms with Crippen molar-refractivity contribution in [3.63, 3.8) is 0 Å². The van der Waals surface area contributed by atoms with Crippen molar-refractivity contribution in [2.24, 2.45) is 11.7 Å². The van der Waals surface area contributed by atoms with Gasteiger partial charge in [0.25, 0.3) is 0 Å². The summed E-state index contributed by atoms with van der Waals surface area (Å²) in [5, 5.41) is 0. The number of rotatable bonds is 6. The zero-order valence-corrected chi connectivity index (χ0v) is 11.5. The molecule has 4 heteroatoms. The van der Waals surface area contributed by atoms with Crippen LogP contribution in [0.1, 0.15) is 33.1 Å². The number of likely N-dealkylation sites (tertiary alicyclic amines) is 1. The Morgan fingerprint density at radius 1 is 1.41 bits per heavy atom. The highest BCUT2D eigenvalue weighted by Crippen LogP contribution is 2.09. The summed E-state index contributed by atoms with van der Waals surface area (Å²) < 4.78 is 0. The normalized spacial score (nSPS) is 20.2. The molecule has 0 aromatic carbocycles. The first kappa shape index (κ1) is 14.5. The van der Waals surface area contributed by atoms with Crippen LogP contribution in [0.5, 0.6) is 0 Å². The van der Waals surface area contributed by atoms with E-state index in [0.29, 0.717) is 0 Å². The van der Waals surface area contributed by atoms with Crippen LogP contribution in [0.2, 0.25) is 0 Å². The number of likely N-dealkylation sites (N-methyl/N-ethyl adjacent to an activating group) is 1. The van der Waals surface area contributed by atoms with E-state index < -0.39 is 0 Å². The standard InChI is InChI=1S/C13H27N3O/c1-4-11(2)12(14)13(17)15(3)9-10-16-7-5-6-8-16/h11-12H,4-10,14H2,1-3H3/t11?,12-/m0/s1. The van der Waals surface area contributed by atoms with Crippen molar-refractivity contribution in [1.82, 2.24) is 9.80 Å². The SMILES string of the molecule is CCC(C)[C@H](N)C(=O)N(C)CCN1CCCC1. The van der Waals surface area contributed by atoms with Gasteiger partial charge < -0.3 is 15.5 Å². The van der Waals surface area contributed by atoms with E-state index in [9.17, 15) is 4.79 Å². The van der Waals surface area contributed by atoms with E-state index in [1.807, 2.05) is 14.0 Å². The van der Waals surface area contributed by atoms with Crippen LogP contribution >= 0.6 is 0 Å². The lowest BCUT2D eigenvalue weighted by molar-refractivity contribution is -0.132. The van der Waals surface area contributed by atoms with E-state index in [0.717, 1.165) is 19.5 Å². The molecule has 0 saturated carbocycles. The molecule has 1 aliphatic rings. The number of amides is 1. The van der Waals surface area contributed by atoms with Crippen molar-refractivity contribution in [1.29, 1.82) is 0 Å². The third-order valence-electron chi connectivity index (χ3n) is 3.87. The quantitative estimate of drug-likeness (QED) is 0.752. The van der Waals surface area contributed by atoms with Crippen molar-refractivity contribution < 1.29 is 4.79 Å². The second kappa shape index (κ2) is 6.97. The van der Waals surface area contributed by atoms with Crippen LogP contribution < -0.4 is 5.73 Å². The highest BCUT2D eigenvalue weighted by Gasteiger charge is 2.23. The molecule has 1 fully saturated rings. The van der Waals surface area contributed by atoms with E-state index in [1.54, 1.807) is 4.90 Å². The van der Waals surface area contributed by atoms with Gasteiger partial charge >= 0.3 is 0 Å². The number of carbonyl (C=O) groups excluding carboxylic acids is 1. The molecule has 0 radical (unpaired) electrons. The Bertz CT molecular complexity index is 239. The minimum atomic E-state index is -0.344. The van der Waals surface area contributed by atoms with E-state index in [2.05, 4.69) is 11.8 Å². The van der Waals surface area contributed by atoms with Crippen LogP contribution in [0, 0.1) is 5.92 Å².